The summed E-state index contributed by atoms with van der Waals surface area (Å²) in [5.74, 6) is 1.13. The van der Waals surface area contributed by atoms with Gasteiger partial charge in [0, 0.05) is 11.8 Å². The Kier molecular flexibility index (Phi) is 2.48. The first-order chi connectivity index (χ1) is 11.0. The highest BCUT2D eigenvalue weighted by molar-refractivity contribution is 5.87. The predicted octanol–water partition coefficient (Wildman–Crippen LogP) is 6.30. The summed E-state index contributed by atoms with van der Waals surface area (Å²) in [7, 11) is 0. The molecule has 0 heterocycles. The Bertz CT molecular complexity index is 859. The predicted molar refractivity (Wildman–Crippen MR) is 98.8 cm³/mol. The Morgan fingerprint density at radius 1 is 0.652 bits per heavy atom. The van der Waals surface area contributed by atoms with Crippen LogP contribution in [0.15, 0.2) is 36.4 Å². The van der Waals surface area contributed by atoms with Gasteiger partial charge in [-0.1, -0.05) is 38.1 Å². The maximum atomic E-state index is 2.47. The molecule has 0 saturated heterocycles. The Labute approximate surface area is 138 Å². The molecule has 2 atom stereocenters. The summed E-state index contributed by atoms with van der Waals surface area (Å²) >= 11 is 0. The topological polar surface area (TPSA) is 0 Å². The molecule has 0 bridgehead atoms. The van der Waals surface area contributed by atoms with Gasteiger partial charge in [0.1, 0.15) is 0 Å². The number of hydrogen-bond donors (Lipinski definition) is 0. The molecule has 0 nitrogen and oxygen atoms in total. The molecule has 2 unspecified atom stereocenters. The van der Waals surface area contributed by atoms with Gasteiger partial charge in [0.2, 0.25) is 0 Å². The molecule has 0 N–H and O–H groups in total. The number of rotatable bonds is 0. The van der Waals surface area contributed by atoms with Crippen LogP contribution >= 0.6 is 0 Å². The Morgan fingerprint density at radius 3 is 1.52 bits per heavy atom. The van der Waals surface area contributed by atoms with E-state index in [2.05, 4.69) is 64.1 Å². The third kappa shape index (κ3) is 1.67. The summed E-state index contributed by atoms with van der Waals surface area (Å²) in [5, 5.41) is 0. The number of allylic oxidation sites excluding steroid dienone is 4. The van der Waals surface area contributed by atoms with Gasteiger partial charge in [-0.3, -0.25) is 0 Å². The van der Waals surface area contributed by atoms with Gasteiger partial charge in [-0.05, 0) is 88.1 Å². The van der Waals surface area contributed by atoms with Gasteiger partial charge in [-0.15, -0.1) is 0 Å². The second-order valence-electron chi connectivity index (χ2n) is 7.65. The van der Waals surface area contributed by atoms with Gasteiger partial charge in [0.15, 0.2) is 0 Å². The van der Waals surface area contributed by atoms with Crippen molar-refractivity contribution in [3.8, 4) is 11.1 Å². The molecule has 2 aromatic rings. The minimum atomic E-state index is 0.564. The summed E-state index contributed by atoms with van der Waals surface area (Å²) in [6, 6.07) is 9.85. The van der Waals surface area contributed by atoms with Crippen molar-refractivity contribution < 1.29 is 0 Å². The number of benzene rings is 2. The molecule has 0 spiro atoms. The summed E-state index contributed by atoms with van der Waals surface area (Å²) in [5.41, 5.74) is 14.8. The molecule has 3 aliphatic rings. The first-order valence-electron chi connectivity index (χ1n) is 8.74. The second kappa shape index (κ2) is 4.26. The third-order valence-electron chi connectivity index (χ3n) is 6.05. The minimum absolute atomic E-state index is 0.564. The van der Waals surface area contributed by atoms with E-state index in [1.165, 1.54) is 55.7 Å². The van der Waals surface area contributed by atoms with E-state index < -0.39 is 0 Å². The second-order valence-corrected chi connectivity index (χ2v) is 7.65. The number of hydrogen-bond acceptors (Lipinski definition) is 0. The highest BCUT2D eigenvalue weighted by atomic mass is 14.3. The van der Waals surface area contributed by atoms with Crippen molar-refractivity contribution in [1.29, 1.82) is 0 Å². The lowest BCUT2D eigenvalue weighted by Gasteiger charge is -2.11. The monoisotopic (exact) mass is 298 g/mol. The van der Waals surface area contributed by atoms with Gasteiger partial charge < -0.3 is 0 Å². The molecular formula is C23H22. The fraction of sp³-hybridized carbons (Fsp3) is 0.304. The lowest BCUT2D eigenvalue weighted by molar-refractivity contribution is 0.981. The lowest BCUT2D eigenvalue weighted by atomic mass is 9.93. The van der Waals surface area contributed by atoms with Crippen molar-refractivity contribution in [1.82, 2.24) is 0 Å². The van der Waals surface area contributed by atoms with E-state index in [4.69, 9.17) is 0 Å². The largest absolute Gasteiger partial charge is 0.0737 e. The first kappa shape index (κ1) is 13.4. The van der Waals surface area contributed by atoms with Crippen LogP contribution in [0.4, 0.5) is 0 Å². The zero-order valence-corrected chi connectivity index (χ0v) is 14.3. The molecule has 3 aliphatic carbocycles. The van der Waals surface area contributed by atoms with E-state index >= 15 is 0 Å². The zero-order chi connectivity index (χ0) is 15.9. The summed E-state index contributed by atoms with van der Waals surface area (Å²) in [4.78, 5) is 0. The maximum absolute atomic E-state index is 2.47. The molecule has 0 saturated carbocycles. The van der Waals surface area contributed by atoms with Crippen molar-refractivity contribution in [2.75, 3.05) is 0 Å². The fourth-order valence-corrected chi connectivity index (χ4v) is 4.87. The summed E-state index contributed by atoms with van der Waals surface area (Å²) < 4.78 is 0. The Morgan fingerprint density at radius 2 is 1.09 bits per heavy atom. The van der Waals surface area contributed by atoms with E-state index in [-0.39, 0.29) is 0 Å². The molecule has 0 aromatic heterocycles. The van der Waals surface area contributed by atoms with Crippen LogP contribution in [0.3, 0.4) is 0 Å². The SMILES string of the molecule is CC1=CC(C)c2cc3c(cc21)-c1cc2c(cc1C3)C(C)C=C2C. The van der Waals surface area contributed by atoms with E-state index in [0.717, 1.165) is 6.42 Å². The lowest BCUT2D eigenvalue weighted by Crippen LogP contribution is -1.91. The van der Waals surface area contributed by atoms with E-state index in [1.807, 2.05) is 0 Å². The Balaban J connectivity index is 1.73. The molecular weight excluding hydrogens is 276 g/mol. The molecule has 23 heavy (non-hydrogen) atoms. The van der Waals surface area contributed by atoms with Gasteiger partial charge in [-0.2, -0.15) is 0 Å². The molecule has 0 fully saturated rings. The standard InChI is InChI=1S/C23H22/c1-12-5-14(3)20-10-22-16(8-18(12)20)7-17-9-19-13(2)6-15(4)21(19)11-23(17)22/h5-6,8-13H,7H2,1-4H3. The molecule has 0 radical (unpaired) electrons. The van der Waals surface area contributed by atoms with Crippen LogP contribution in [-0.2, 0) is 6.42 Å². The summed E-state index contributed by atoms with van der Waals surface area (Å²) in [6.07, 6.45) is 5.90. The highest BCUT2D eigenvalue weighted by Crippen LogP contribution is 2.47. The number of fused-ring (bicyclic) bond motifs is 5. The molecule has 5 rings (SSSR count). The van der Waals surface area contributed by atoms with Crippen molar-refractivity contribution in [3.05, 3.63) is 69.8 Å². The maximum Gasteiger partial charge on any atom is 0.000163 e. The van der Waals surface area contributed by atoms with Crippen LogP contribution in [-0.4, -0.2) is 0 Å². The first-order valence-corrected chi connectivity index (χ1v) is 8.74. The highest BCUT2D eigenvalue weighted by Gasteiger charge is 2.28. The van der Waals surface area contributed by atoms with Crippen LogP contribution in [0.25, 0.3) is 22.3 Å². The average molecular weight is 298 g/mol. The quantitative estimate of drug-likeness (QED) is 0.457. The van der Waals surface area contributed by atoms with Crippen molar-refractivity contribution in [3.63, 3.8) is 0 Å². The smallest absolute Gasteiger partial charge is 0.000163 e. The average Bonchev–Trinajstić information content (AvgIpc) is 3.10. The molecule has 0 amide bonds. The van der Waals surface area contributed by atoms with Crippen LogP contribution in [0.1, 0.15) is 72.9 Å². The minimum Gasteiger partial charge on any atom is -0.0737 e. The summed E-state index contributed by atoms with van der Waals surface area (Å²) in [6.45, 7) is 9.13. The fourth-order valence-electron chi connectivity index (χ4n) is 4.87. The molecule has 0 aliphatic heterocycles. The zero-order valence-electron chi connectivity index (χ0n) is 14.3. The van der Waals surface area contributed by atoms with Crippen LogP contribution < -0.4 is 0 Å². The Hall–Kier alpha value is -2.08. The normalized spacial score (nSPS) is 23.1. The van der Waals surface area contributed by atoms with E-state index in [0.29, 0.717) is 11.8 Å². The third-order valence-corrected chi connectivity index (χ3v) is 6.05. The van der Waals surface area contributed by atoms with Gasteiger partial charge >= 0.3 is 0 Å². The van der Waals surface area contributed by atoms with Gasteiger partial charge in [0.25, 0.3) is 0 Å². The van der Waals surface area contributed by atoms with Crippen molar-refractivity contribution in [2.45, 2.75) is 46.0 Å². The van der Waals surface area contributed by atoms with E-state index in [1.54, 1.807) is 0 Å². The van der Waals surface area contributed by atoms with Crippen molar-refractivity contribution in [2.24, 2.45) is 0 Å². The molecule has 114 valence electrons. The molecule has 2 aromatic carbocycles. The van der Waals surface area contributed by atoms with Gasteiger partial charge in [0.05, 0.1) is 0 Å². The van der Waals surface area contributed by atoms with Gasteiger partial charge in [-0.25, -0.2) is 0 Å². The van der Waals surface area contributed by atoms with Crippen molar-refractivity contribution >= 4 is 11.1 Å². The van der Waals surface area contributed by atoms with Crippen LogP contribution in [0, 0.1) is 0 Å². The van der Waals surface area contributed by atoms with E-state index in [9.17, 15) is 0 Å². The van der Waals surface area contributed by atoms with Crippen LogP contribution in [0.5, 0.6) is 0 Å². The molecule has 0 heteroatoms. The van der Waals surface area contributed by atoms with Crippen LogP contribution in [0.2, 0.25) is 0 Å².